The highest BCUT2D eigenvalue weighted by Crippen LogP contribution is 2.30. The minimum absolute atomic E-state index is 0. The molecule has 0 saturated carbocycles. The Morgan fingerprint density at radius 2 is 1.93 bits per heavy atom. The lowest BCUT2D eigenvalue weighted by Crippen LogP contribution is -2.12. The molecule has 0 heterocycles. The van der Waals surface area contributed by atoms with Crippen molar-refractivity contribution in [2.75, 3.05) is 0 Å². The number of nitriles is 1. The Balaban J connectivity index is 0.00000196. The highest BCUT2D eigenvalue weighted by Gasteiger charge is 2.17. The van der Waals surface area contributed by atoms with Gasteiger partial charge < -0.3 is 5.73 Å². The van der Waals surface area contributed by atoms with Gasteiger partial charge in [0.2, 0.25) is 0 Å². The van der Waals surface area contributed by atoms with E-state index in [-0.39, 0.29) is 34.4 Å². The van der Waals surface area contributed by atoms with Gasteiger partial charge in [-0.15, -0.1) is 12.4 Å². The van der Waals surface area contributed by atoms with Crippen molar-refractivity contribution in [2.45, 2.75) is 12.5 Å². The molecule has 0 spiro atoms. The van der Waals surface area contributed by atoms with E-state index in [1.807, 2.05) is 6.07 Å². The van der Waals surface area contributed by atoms with E-state index < -0.39 is 11.9 Å². The third kappa shape index (κ3) is 3.22. The molecule has 2 N–H and O–H groups in total. The molecule has 0 amide bonds. The number of nitrogens with zero attached hydrogens (tertiary/aromatic N) is 1. The largest absolute Gasteiger partial charge is 0.323 e. The third-order valence-electron chi connectivity index (χ3n) is 1.76. The number of rotatable bonds is 2. The maximum Gasteiger partial charge on any atom is 0.148 e. The van der Waals surface area contributed by atoms with Crippen molar-refractivity contribution < 1.29 is 4.39 Å². The molecule has 0 bridgehead atoms. The van der Waals surface area contributed by atoms with Gasteiger partial charge in [-0.3, -0.25) is 0 Å². The average molecular weight is 270 g/mol. The Morgan fingerprint density at radius 1 is 1.40 bits per heavy atom. The van der Waals surface area contributed by atoms with Crippen LogP contribution in [0.5, 0.6) is 0 Å². The summed E-state index contributed by atoms with van der Waals surface area (Å²) in [5.74, 6) is -0.651. The van der Waals surface area contributed by atoms with Crippen LogP contribution in [0, 0.1) is 17.1 Å². The minimum Gasteiger partial charge on any atom is -0.323 e. The van der Waals surface area contributed by atoms with Gasteiger partial charge in [0.15, 0.2) is 0 Å². The van der Waals surface area contributed by atoms with Crippen LogP contribution in [0.2, 0.25) is 10.0 Å². The van der Waals surface area contributed by atoms with E-state index in [2.05, 4.69) is 0 Å². The van der Waals surface area contributed by atoms with Gasteiger partial charge >= 0.3 is 0 Å². The average Bonchev–Trinajstić information content (AvgIpc) is 2.13. The molecule has 1 rings (SSSR count). The van der Waals surface area contributed by atoms with Crippen LogP contribution >= 0.6 is 35.6 Å². The second-order valence-corrected chi connectivity index (χ2v) is 3.54. The summed E-state index contributed by atoms with van der Waals surface area (Å²) < 4.78 is 13.4. The summed E-state index contributed by atoms with van der Waals surface area (Å²) in [5, 5.41) is 8.57. The molecule has 0 aliphatic carbocycles. The molecule has 0 aliphatic heterocycles. The summed E-state index contributed by atoms with van der Waals surface area (Å²) in [6.07, 6.45) is -0.00299. The predicted octanol–water partition coefficient (Wildman–Crippen LogP) is 3.47. The van der Waals surface area contributed by atoms with Crippen molar-refractivity contribution in [2.24, 2.45) is 5.73 Å². The zero-order chi connectivity index (χ0) is 10.7. The maximum atomic E-state index is 13.4. The van der Waals surface area contributed by atoms with E-state index in [0.29, 0.717) is 0 Å². The van der Waals surface area contributed by atoms with Gasteiger partial charge in [-0.2, -0.15) is 5.26 Å². The zero-order valence-corrected chi connectivity index (χ0v) is 9.83. The molecule has 0 saturated heterocycles. The van der Waals surface area contributed by atoms with Crippen LogP contribution in [0.25, 0.3) is 0 Å². The Hall–Kier alpha value is -0.530. The SMILES string of the molecule is Cl.N#CC[C@@H](N)c1c(Cl)ccc(Cl)c1F. The van der Waals surface area contributed by atoms with Crippen LogP contribution in [0.1, 0.15) is 18.0 Å². The van der Waals surface area contributed by atoms with Crippen LogP contribution in [-0.2, 0) is 0 Å². The first kappa shape index (κ1) is 14.5. The van der Waals surface area contributed by atoms with Gasteiger partial charge in [-0.1, -0.05) is 23.2 Å². The van der Waals surface area contributed by atoms with Crippen molar-refractivity contribution in [3.63, 3.8) is 0 Å². The van der Waals surface area contributed by atoms with Gasteiger partial charge in [0.1, 0.15) is 5.82 Å². The topological polar surface area (TPSA) is 49.8 Å². The van der Waals surface area contributed by atoms with Gasteiger partial charge in [-0.25, -0.2) is 4.39 Å². The molecule has 1 aromatic carbocycles. The fourth-order valence-electron chi connectivity index (χ4n) is 1.08. The number of benzene rings is 1. The molecule has 15 heavy (non-hydrogen) atoms. The van der Waals surface area contributed by atoms with Gasteiger partial charge in [0.05, 0.1) is 17.5 Å². The lowest BCUT2D eigenvalue weighted by Gasteiger charge is -2.11. The van der Waals surface area contributed by atoms with Crippen molar-refractivity contribution in [3.05, 3.63) is 33.6 Å². The normalized spacial score (nSPS) is 11.4. The minimum atomic E-state index is -0.744. The van der Waals surface area contributed by atoms with E-state index in [9.17, 15) is 4.39 Å². The molecule has 0 aliphatic rings. The summed E-state index contributed by atoms with van der Waals surface area (Å²) in [7, 11) is 0. The summed E-state index contributed by atoms with van der Waals surface area (Å²) in [6.45, 7) is 0. The molecular formula is C9H8Cl3FN2. The third-order valence-corrected chi connectivity index (χ3v) is 2.38. The highest BCUT2D eigenvalue weighted by molar-refractivity contribution is 6.33. The number of halogens is 4. The van der Waals surface area contributed by atoms with Gasteiger partial charge in [-0.05, 0) is 12.1 Å². The first-order valence-electron chi connectivity index (χ1n) is 3.84. The first-order valence-corrected chi connectivity index (χ1v) is 4.59. The van der Waals surface area contributed by atoms with E-state index in [1.165, 1.54) is 12.1 Å². The fraction of sp³-hybridized carbons (Fsp3) is 0.222. The lowest BCUT2D eigenvalue weighted by molar-refractivity contribution is 0.585. The molecule has 0 fully saturated rings. The monoisotopic (exact) mass is 268 g/mol. The summed E-state index contributed by atoms with van der Waals surface area (Å²) in [6, 6.07) is 3.91. The number of nitrogens with two attached hydrogens (primary N) is 1. The summed E-state index contributed by atoms with van der Waals surface area (Å²) in [5.41, 5.74) is 5.67. The van der Waals surface area contributed by atoms with Gasteiger partial charge in [0, 0.05) is 16.6 Å². The summed E-state index contributed by atoms with van der Waals surface area (Å²) in [4.78, 5) is 0. The van der Waals surface area contributed by atoms with Crippen LogP contribution < -0.4 is 5.73 Å². The van der Waals surface area contributed by atoms with Gasteiger partial charge in [0.25, 0.3) is 0 Å². The molecule has 1 atom stereocenters. The van der Waals surface area contributed by atoms with Crippen molar-refractivity contribution in [1.29, 1.82) is 5.26 Å². The summed E-state index contributed by atoms with van der Waals surface area (Å²) >= 11 is 11.3. The molecule has 82 valence electrons. The van der Waals surface area contributed by atoms with Crippen LogP contribution in [0.15, 0.2) is 12.1 Å². The Bertz CT molecular complexity index is 390. The Labute approximate surface area is 103 Å². The highest BCUT2D eigenvalue weighted by atomic mass is 35.5. The Morgan fingerprint density at radius 3 is 2.47 bits per heavy atom. The smallest absolute Gasteiger partial charge is 0.148 e. The molecule has 1 aromatic rings. The quantitative estimate of drug-likeness (QED) is 0.836. The second kappa shape index (κ2) is 6.14. The van der Waals surface area contributed by atoms with E-state index in [0.717, 1.165) is 0 Å². The van der Waals surface area contributed by atoms with Crippen LogP contribution in [0.4, 0.5) is 4.39 Å². The van der Waals surface area contributed by atoms with Crippen LogP contribution in [0.3, 0.4) is 0 Å². The second-order valence-electron chi connectivity index (χ2n) is 2.73. The molecule has 0 radical (unpaired) electrons. The van der Waals surface area contributed by atoms with Crippen LogP contribution in [-0.4, -0.2) is 0 Å². The lowest BCUT2D eigenvalue weighted by atomic mass is 10.0. The number of hydrogen-bond acceptors (Lipinski definition) is 2. The molecule has 2 nitrogen and oxygen atoms in total. The van der Waals surface area contributed by atoms with E-state index in [1.54, 1.807) is 0 Å². The van der Waals surface area contributed by atoms with E-state index >= 15 is 0 Å². The molecule has 0 unspecified atom stereocenters. The molecular weight excluding hydrogens is 261 g/mol. The molecule has 0 aromatic heterocycles. The van der Waals surface area contributed by atoms with Crippen molar-refractivity contribution in [1.82, 2.24) is 0 Å². The fourth-order valence-corrected chi connectivity index (χ4v) is 1.53. The standard InChI is InChI=1S/C9H7Cl2FN2.ClH/c10-5-1-2-6(11)9(12)8(5)7(14)3-4-13;/h1-2,7H,3,14H2;1H/t7-;/m1./s1. The van der Waals surface area contributed by atoms with E-state index in [4.69, 9.17) is 34.2 Å². The molecule has 6 heteroatoms. The first-order chi connectivity index (χ1) is 6.57. The van der Waals surface area contributed by atoms with Crippen molar-refractivity contribution >= 4 is 35.6 Å². The zero-order valence-electron chi connectivity index (χ0n) is 7.51. The Kier molecular flexibility index (Phi) is 5.92. The predicted molar refractivity (Wildman–Crippen MR) is 60.8 cm³/mol. The maximum absolute atomic E-state index is 13.4. The number of hydrogen-bond donors (Lipinski definition) is 1. The van der Waals surface area contributed by atoms with Crippen molar-refractivity contribution in [3.8, 4) is 6.07 Å².